The van der Waals surface area contributed by atoms with Crippen LogP contribution in [-0.4, -0.2) is 30.8 Å². The van der Waals surface area contributed by atoms with Gasteiger partial charge in [-0.1, -0.05) is 0 Å². The third kappa shape index (κ3) is 3.74. The summed E-state index contributed by atoms with van der Waals surface area (Å²) in [5, 5.41) is 2.88. The number of nitrogens with one attached hydrogen (secondary N) is 1. The number of amides is 2. The summed E-state index contributed by atoms with van der Waals surface area (Å²) >= 11 is 1.53. The molecular formula is C19H21FN2O2S. The number of hydrogen-bond acceptors (Lipinski definition) is 3. The Morgan fingerprint density at radius 3 is 2.72 bits per heavy atom. The molecule has 1 heterocycles. The summed E-state index contributed by atoms with van der Waals surface area (Å²) in [5.41, 5.74) is 2.22. The normalized spacial score (nSPS) is 16.2. The van der Waals surface area contributed by atoms with Crippen LogP contribution in [0, 0.1) is 18.7 Å². The summed E-state index contributed by atoms with van der Waals surface area (Å²) in [4.78, 5) is 28.1. The highest BCUT2D eigenvalue weighted by molar-refractivity contribution is 7.14. The quantitative estimate of drug-likeness (QED) is 0.908. The lowest BCUT2D eigenvalue weighted by Gasteiger charge is -2.21. The lowest BCUT2D eigenvalue weighted by atomic mass is 9.87. The Morgan fingerprint density at radius 2 is 2.04 bits per heavy atom. The Balaban J connectivity index is 1.70. The lowest BCUT2D eigenvalue weighted by Crippen LogP contribution is -2.27. The minimum absolute atomic E-state index is 0.00203. The maximum absolute atomic E-state index is 13.3. The molecule has 0 bridgehead atoms. The Kier molecular flexibility index (Phi) is 4.90. The fraction of sp³-hybridized carbons (Fsp3) is 0.368. The number of benzene rings is 1. The van der Waals surface area contributed by atoms with E-state index in [0.29, 0.717) is 17.7 Å². The summed E-state index contributed by atoms with van der Waals surface area (Å²) in [5.74, 6) is -0.461. The van der Waals surface area contributed by atoms with Gasteiger partial charge in [-0.15, -0.1) is 11.3 Å². The van der Waals surface area contributed by atoms with Crippen LogP contribution in [0.2, 0.25) is 0 Å². The minimum atomic E-state index is -0.281. The number of fused-ring (bicyclic) bond motifs is 1. The summed E-state index contributed by atoms with van der Waals surface area (Å²) < 4.78 is 13.3. The van der Waals surface area contributed by atoms with Crippen LogP contribution >= 0.6 is 11.3 Å². The molecule has 6 heteroatoms. The first-order valence-corrected chi connectivity index (χ1v) is 9.07. The fourth-order valence-corrected chi connectivity index (χ4v) is 4.27. The second-order valence-electron chi connectivity index (χ2n) is 6.65. The lowest BCUT2D eigenvalue weighted by molar-refractivity contribution is -0.120. The molecule has 3 rings (SSSR count). The second-order valence-corrected chi connectivity index (χ2v) is 7.79. The zero-order valence-electron chi connectivity index (χ0n) is 14.6. The highest BCUT2D eigenvalue weighted by atomic mass is 32.1. The van der Waals surface area contributed by atoms with Crippen LogP contribution in [0.25, 0.3) is 0 Å². The van der Waals surface area contributed by atoms with Gasteiger partial charge in [0.05, 0.1) is 4.88 Å². The summed E-state index contributed by atoms with van der Waals surface area (Å²) in [6.07, 6.45) is 2.20. The molecule has 0 saturated carbocycles. The molecule has 0 aliphatic heterocycles. The molecule has 0 spiro atoms. The van der Waals surface area contributed by atoms with Gasteiger partial charge in [0, 0.05) is 30.6 Å². The molecule has 1 aromatic heterocycles. The number of hydrogen-bond donors (Lipinski definition) is 1. The average molecular weight is 360 g/mol. The summed E-state index contributed by atoms with van der Waals surface area (Å²) in [7, 11) is 3.48. The van der Waals surface area contributed by atoms with E-state index in [4.69, 9.17) is 0 Å². The number of aryl methyl sites for hydroxylation is 2. The van der Waals surface area contributed by atoms with Crippen molar-refractivity contribution in [1.29, 1.82) is 0 Å². The first-order valence-electron chi connectivity index (χ1n) is 8.25. The molecule has 0 fully saturated rings. The predicted molar refractivity (Wildman–Crippen MR) is 97.6 cm³/mol. The van der Waals surface area contributed by atoms with Crippen LogP contribution in [0.3, 0.4) is 0 Å². The first kappa shape index (κ1) is 17.6. The molecular weight excluding hydrogens is 339 g/mol. The molecule has 0 radical (unpaired) electrons. The monoisotopic (exact) mass is 360 g/mol. The van der Waals surface area contributed by atoms with Gasteiger partial charge in [-0.05, 0) is 61.6 Å². The van der Waals surface area contributed by atoms with Gasteiger partial charge in [0.25, 0.3) is 5.91 Å². The summed E-state index contributed by atoms with van der Waals surface area (Å²) in [6, 6.07) is 6.50. The van der Waals surface area contributed by atoms with Gasteiger partial charge in [-0.2, -0.15) is 0 Å². The zero-order chi connectivity index (χ0) is 18.1. The first-order chi connectivity index (χ1) is 11.8. The second kappa shape index (κ2) is 6.96. The molecule has 132 valence electrons. The van der Waals surface area contributed by atoms with Crippen LogP contribution in [0.1, 0.15) is 32.1 Å². The Hall–Kier alpha value is -2.21. The van der Waals surface area contributed by atoms with Crippen molar-refractivity contribution in [1.82, 2.24) is 4.90 Å². The number of nitrogens with zero attached hydrogens (tertiary/aromatic N) is 1. The molecule has 0 saturated heterocycles. The van der Waals surface area contributed by atoms with Gasteiger partial charge in [0.15, 0.2) is 0 Å². The number of halogens is 1. The highest BCUT2D eigenvalue weighted by Crippen LogP contribution is 2.33. The number of anilines is 1. The highest BCUT2D eigenvalue weighted by Gasteiger charge is 2.27. The standard InChI is InChI=1S/C19H21FN2O2S/c1-11-8-14(5-6-15(11)20)21-18(23)12-4-7-16-13(9-12)10-17(25-16)19(24)22(2)3/h5-6,8,10,12H,4,7,9H2,1-3H3,(H,21,23)/t12-/m1/s1. The molecule has 1 aliphatic carbocycles. The van der Waals surface area contributed by atoms with Gasteiger partial charge in [0.1, 0.15) is 5.82 Å². The van der Waals surface area contributed by atoms with Crippen LogP contribution in [0.5, 0.6) is 0 Å². The van der Waals surface area contributed by atoms with Crippen molar-refractivity contribution in [2.75, 3.05) is 19.4 Å². The van der Waals surface area contributed by atoms with Gasteiger partial charge in [0.2, 0.25) is 5.91 Å². The van der Waals surface area contributed by atoms with Crippen LogP contribution in [0.15, 0.2) is 24.3 Å². The number of thiophene rings is 1. The van der Waals surface area contributed by atoms with E-state index < -0.39 is 0 Å². The molecule has 2 aromatic rings. The van der Waals surface area contributed by atoms with Crippen molar-refractivity contribution in [3.63, 3.8) is 0 Å². The zero-order valence-corrected chi connectivity index (χ0v) is 15.4. The van der Waals surface area contributed by atoms with E-state index in [1.807, 2.05) is 6.07 Å². The third-order valence-electron chi connectivity index (χ3n) is 4.50. The van der Waals surface area contributed by atoms with Crippen molar-refractivity contribution in [2.24, 2.45) is 5.92 Å². The van der Waals surface area contributed by atoms with Gasteiger partial charge in [-0.25, -0.2) is 4.39 Å². The van der Waals surface area contributed by atoms with Gasteiger partial charge in [-0.3, -0.25) is 9.59 Å². The number of carbonyl (C=O) groups is 2. The van der Waals surface area contributed by atoms with Crippen LogP contribution in [0.4, 0.5) is 10.1 Å². The Bertz CT molecular complexity index is 829. The maximum atomic E-state index is 13.3. The van der Waals surface area contributed by atoms with E-state index >= 15 is 0 Å². The van der Waals surface area contributed by atoms with E-state index in [9.17, 15) is 14.0 Å². The molecule has 1 aliphatic rings. The van der Waals surface area contributed by atoms with E-state index in [1.54, 1.807) is 38.1 Å². The minimum Gasteiger partial charge on any atom is -0.344 e. The molecule has 4 nitrogen and oxygen atoms in total. The maximum Gasteiger partial charge on any atom is 0.263 e. The SMILES string of the molecule is Cc1cc(NC(=O)[C@@H]2CCc3sc(C(=O)N(C)C)cc3C2)ccc1F. The Labute approximate surface area is 150 Å². The average Bonchev–Trinajstić information content (AvgIpc) is 3.00. The molecule has 2 amide bonds. The van der Waals surface area contributed by atoms with Crippen molar-refractivity contribution in [3.8, 4) is 0 Å². The molecule has 1 aromatic carbocycles. The smallest absolute Gasteiger partial charge is 0.263 e. The van der Waals surface area contributed by atoms with E-state index in [0.717, 1.165) is 23.3 Å². The molecule has 25 heavy (non-hydrogen) atoms. The number of carbonyl (C=O) groups excluding carboxylic acids is 2. The molecule has 1 atom stereocenters. The topological polar surface area (TPSA) is 49.4 Å². The third-order valence-corrected chi connectivity index (χ3v) is 5.72. The van der Waals surface area contributed by atoms with Crippen LogP contribution in [-0.2, 0) is 17.6 Å². The molecule has 0 unspecified atom stereocenters. The van der Waals surface area contributed by atoms with Crippen molar-refractivity contribution < 1.29 is 14.0 Å². The van der Waals surface area contributed by atoms with E-state index in [2.05, 4.69) is 5.32 Å². The number of rotatable bonds is 3. The van der Waals surface area contributed by atoms with Crippen molar-refractivity contribution in [3.05, 3.63) is 51.0 Å². The summed E-state index contributed by atoms with van der Waals surface area (Å²) in [6.45, 7) is 1.67. The Morgan fingerprint density at radius 1 is 1.28 bits per heavy atom. The van der Waals surface area contributed by atoms with Crippen molar-refractivity contribution in [2.45, 2.75) is 26.2 Å². The van der Waals surface area contributed by atoms with Crippen LogP contribution < -0.4 is 5.32 Å². The van der Waals surface area contributed by atoms with E-state index in [1.165, 1.54) is 22.3 Å². The van der Waals surface area contributed by atoms with E-state index in [-0.39, 0.29) is 23.5 Å². The van der Waals surface area contributed by atoms with Crippen molar-refractivity contribution >= 4 is 28.8 Å². The largest absolute Gasteiger partial charge is 0.344 e. The van der Waals surface area contributed by atoms with Gasteiger partial charge < -0.3 is 10.2 Å². The predicted octanol–water partition coefficient (Wildman–Crippen LogP) is 3.64. The fourth-order valence-electron chi connectivity index (χ4n) is 3.04. The molecule has 1 N–H and O–H groups in total. The van der Waals surface area contributed by atoms with Gasteiger partial charge >= 0.3 is 0 Å².